The van der Waals surface area contributed by atoms with Crippen molar-refractivity contribution in [1.82, 2.24) is 0 Å². The minimum absolute atomic E-state index is 0.728. The summed E-state index contributed by atoms with van der Waals surface area (Å²) in [7, 11) is 0. The van der Waals surface area contributed by atoms with Crippen molar-refractivity contribution in [3.63, 3.8) is 0 Å². The molecule has 3 heteroatoms. The van der Waals surface area contributed by atoms with E-state index in [0.717, 1.165) is 16.1 Å². The zero-order valence-corrected chi connectivity index (χ0v) is 10.4. The summed E-state index contributed by atoms with van der Waals surface area (Å²) in [5.74, 6) is 3.31. The van der Waals surface area contributed by atoms with Gasteiger partial charge in [0.05, 0.1) is 0 Å². The highest BCUT2D eigenvalue weighted by Crippen LogP contribution is 2.33. The number of hydrogen-bond acceptors (Lipinski definition) is 2. The Hall–Kier alpha value is -0.150. The summed E-state index contributed by atoms with van der Waals surface area (Å²) in [6.07, 6.45) is 2.59. The minimum atomic E-state index is 0.728. The van der Waals surface area contributed by atoms with Crippen LogP contribution in [0.5, 0.6) is 0 Å². The average molecular weight is 272 g/mol. The number of nitrogen functional groups attached to an aromatic ring is 1. The third-order valence-corrected chi connectivity index (χ3v) is 4.48. The van der Waals surface area contributed by atoms with Crippen LogP contribution in [0, 0.1) is 0 Å². The van der Waals surface area contributed by atoms with E-state index < -0.39 is 0 Å². The normalized spacial score (nSPS) is 18.4. The van der Waals surface area contributed by atoms with Gasteiger partial charge in [0.15, 0.2) is 0 Å². The Morgan fingerprint density at radius 1 is 1.29 bits per heavy atom. The number of rotatable bonds is 1. The Bertz CT molecular complexity index is 321. The van der Waals surface area contributed by atoms with Crippen LogP contribution in [0.1, 0.15) is 24.3 Å². The maximum absolute atomic E-state index is 5.88. The number of thioether (sulfide) groups is 1. The fourth-order valence-corrected chi connectivity index (χ4v) is 3.20. The maximum atomic E-state index is 5.88. The summed E-state index contributed by atoms with van der Waals surface area (Å²) in [6, 6.07) is 6.37. The lowest BCUT2D eigenvalue weighted by Gasteiger charge is -2.22. The van der Waals surface area contributed by atoms with Crippen molar-refractivity contribution in [2.24, 2.45) is 0 Å². The lowest BCUT2D eigenvalue weighted by molar-refractivity contribution is 0.637. The standard InChI is InChI=1S/C11H14BrNS/c12-10-2-1-9(7-11(10)13)8-3-5-14-6-4-8/h1-2,7-8H,3-6,13H2. The van der Waals surface area contributed by atoms with Crippen LogP contribution in [0.15, 0.2) is 22.7 Å². The highest BCUT2D eigenvalue weighted by molar-refractivity contribution is 9.10. The molecule has 0 atom stereocenters. The van der Waals surface area contributed by atoms with E-state index in [1.54, 1.807) is 0 Å². The number of hydrogen-bond donors (Lipinski definition) is 1. The van der Waals surface area contributed by atoms with Crippen LogP contribution in [0.25, 0.3) is 0 Å². The number of benzene rings is 1. The van der Waals surface area contributed by atoms with Gasteiger partial charge in [0, 0.05) is 10.2 Å². The maximum Gasteiger partial charge on any atom is 0.0461 e. The minimum Gasteiger partial charge on any atom is -0.398 e. The van der Waals surface area contributed by atoms with Crippen LogP contribution in [-0.4, -0.2) is 11.5 Å². The first-order valence-corrected chi connectivity index (χ1v) is 6.85. The van der Waals surface area contributed by atoms with Gasteiger partial charge in [0.2, 0.25) is 0 Å². The van der Waals surface area contributed by atoms with Crippen LogP contribution in [-0.2, 0) is 0 Å². The molecule has 1 aliphatic rings. The van der Waals surface area contributed by atoms with Gasteiger partial charge in [-0.1, -0.05) is 6.07 Å². The van der Waals surface area contributed by atoms with Crippen molar-refractivity contribution in [1.29, 1.82) is 0 Å². The zero-order chi connectivity index (χ0) is 9.97. The third kappa shape index (κ3) is 2.26. The first-order valence-electron chi connectivity index (χ1n) is 4.90. The van der Waals surface area contributed by atoms with Crippen molar-refractivity contribution in [2.75, 3.05) is 17.2 Å². The molecule has 0 spiro atoms. The Kier molecular flexibility index (Phi) is 3.39. The predicted octanol–water partition coefficient (Wildman–Crippen LogP) is 3.64. The first kappa shape index (κ1) is 10.4. The van der Waals surface area contributed by atoms with Gasteiger partial charge >= 0.3 is 0 Å². The molecule has 0 unspecified atom stereocenters. The Labute approximate surface area is 97.6 Å². The van der Waals surface area contributed by atoms with Gasteiger partial charge in [-0.05, 0) is 63.9 Å². The van der Waals surface area contributed by atoms with Gasteiger partial charge in [0.25, 0.3) is 0 Å². The van der Waals surface area contributed by atoms with E-state index in [4.69, 9.17) is 5.73 Å². The molecule has 1 aliphatic heterocycles. The third-order valence-electron chi connectivity index (χ3n) is 2.71. The molecule has 1 saturated heterocycles. The van der Waals surface area contributed by atoms with Crippen LogP contribution < -0.4 is 5.73 Å². The molecule has 0 aliphatic carbocycles. The van der Waals surface area contributed by atoms with Crippen molar-refractivity contribution < 1.29 is 0 Å². The van der Waals surface area contributed by atoms with E-state index in [1.165, 1.54) is 29.9 Å². The fraction of sp³-hybridized carbons (Fsp3) is 0.455. The van der Waals surface area contributed by atoms with Gasteiger partial charge in [-0.15, -0.1) is 0 Å². The highest BCUT2D eigenvalue weighted by Gasteiger charge is 2.15. The van der Waals surface area contributed by atoms with Crippen LogP contribution in [0.4, 0.5) is 5.69 Å². The van der Waals surface area contributed by atoms with E-state index in [1.807, 2.05) is 0 Å². The molecule has 1 aromatic carbocycles. The molecule has 0 aromatic heterocycles. The molecule has 14 heavy (non-hydrogen) atoms. The quantitative estimate of drug-likeness (QED) is 0.790. The second kappa shape index (κ2) is 4.58. The first-order chi connectivity index (χ1) is 6.77. The van der Waals surface area contributed by atoms with Crippen molar-refractivity contribution >= 4 is 33.4 Å². The van der Waals surface area contributed by atoms with Crippen LogP contribution >= 0.6 is 27.7 Å². The highest BCUT2D eigenvalue weighted by atomic mass is 79.9. The molecule has 0 saturated carbocycles. The van der Waals surface area contributed by atoms with Crippen molar-refractivity contribution in [2.45, 2.75) is 18.8 Å². The molecule has 0 bridgehead atoms. The Morgan fingerprint density at radius 3 is 2.64 bits per heavy atom. The number of nitrogens with two attached hydrogens (primary N) is 1. The fourth-order valence-electron chi connectivity index (χ4n) is 1.85. The van der Waals surface area contributed by atoms with Gasteiger partial charge < -0.3 is 5.73 Å². The zero-order valence-electron chi connectivity index (χ0n) is 8.00. The van der Waals surface area contributed by atoms with Gasteiger partial charge in [-0.3, -0.25) is 0 Å². The summed E-state index contributed by atoms with van der Waals surface area (Å²) in [4.78, 5) is 0. The predicted molar refractivity (Wildman–Crippen MR) is 67.9 cm³/mol. The average Bonchev–Trinajstić information content (AvgIpc) is 2.23. The van der Waals surface area contributed by atoms with Gasteiger partial charge in [-0.2, -0.15) is 11.8 Å². The van der Waals surface area contributed by atoms with Gasteiger partial charge in [0.1, 0.15) is 0 Å². The smallest absolute Gasteiger partial charge is 0.0461 e. The Balaban J connectivity index is 2.18. The second-order valence-electron chi connectivity index (χ2n) is 3.67. The topological polar surface area (TPSA) is 26.0 Å². The van der Waals surface area contributed by atoms with Crippen molar-refractivity contribution in [3.05, 3.63) is 28.2 Å². The molecule has 1 fully saturated rings. The Morgan fingerprint density at radius 2 is 2.00 bits per heavy atom. The second-order valence-corrected chi connectivity index (χ2v) is 5.75. The van der Waals surface area contributed by atoms with Crippen LogP contribution in [0.2, 0.25) is 0 Å². The molecule has 0 radical (unpaired) electrons. The summed E-state index contributed by atoms with van der Waals surface area (Å²) >= 11 is 5.48. The van der Waals surface area contributed by atoms with E-state index in [0.29, 0.717) is 0 Å². The lowest BCUT2D eigenvalue weighted by atomic mass is 9.93. The molecular formula is C11H14BrNS. The van der Waals surface area contributed by atoms with E-state index >= 15 is 0 Å². The van der Waals surface area contributed by atoms with Crippen molar-refractivity contribution in [3.8, 4) is 0 Å². The summed E-state index contributed by atoms with van der Waals surface area (Å²) in [5, 5.41) is 0. The molecule has 0 amide bonds. The molecule has 2 rings (SSSR count). The summed E-state index contributed by atoms with van der Waals surface area (Å²) in [6.45, 7) is 0. The molecule has 2 N–H and O–H groups in total. The lowest BCUT2D eigenvalue weighted by Crippen LogP contribution is -2.08. The molecule has 1 aromatic rings. The molecular weight excluding hydrogens is 258 g/mol. The number of anilines is 1. The SMILES string of the molecule is Nc1cc(C2CCSCC2)ccc1Br. The van der Waals surface area contributed by atoms with E-state index in [9.17, 15) is 0 Å². The van der Waals surface area contributed by atoms with Crippen LogP contribution in [0.3, 0.4) is 0 Å². The molecule has 76 valence electrons. The summed E-state index contributed by atoms with van der Waals surface area (Å²) < 4.78 is 1.01. The van der Waals surface area contributed by atoms with E-state index in [-0.39, 0.29) is 0 Å². The monoisotopic (exact) mass is 271 g/mol. The van der Waals surface area contributed by atoms with Gasteiger partial charge in [-0.25, -0.2) is 0 Å². The molecule has 1 nitrogen and oxygen atoms in total. The summed E-state index contributed by atoms with van der Waals surface area (Å²) in [5.41, 5.74) is 8.15. The van der Waals surface area contributed by atoms with E-state index in [2.05, 4.69) is 45.9 Å². The largest absolute Gasteiger partial charge is 0.398 e. The molecule has 1 heterocycles. The number of halogens is 1.